The highest BCUT2D eigenvalue weighted by molar-refractivity contribution is 5.95. The van der Waals surface area contributed by atoms with Crippen molar-refractivity contribution in [3.05, 3.63) is 53.9 Å². The van der Waals surface area contributed by atoms with Crippen LogP contribution in [-0.4, -0.2) is 30.5 Å². The zero-order valence-corrected chi connectivity index (χ0v) is 14.0. The number of amides is 1. The van der Waals surface area contributed by atoms with Crippen molar-refractivity contribution < 1.29 is 14.3 Å². The molecule has 1 aromatic heterocycles. The average molecular weight is 327 g/mol. The monoisotopic (exact) mass is 327 g/mol. The van der Waals surface area contributed by atoms with Gasteiger partial charge in [-0.3, -0.25) is 9.78 Å². The number of pyridine rings is 1. The minimum absolute atomic E-state index is 0.152. The molecule has 0 aliphatic rings. The Kier molecular flexibility index (Phi) is 5.89. The molecule has 2 rings (SSSR count). The number of anilines is 2. The standard InChI is InChI=1S/C18H21N3O3/c1-12(2)9-20-17(22)14-8-16(11-19-10-14)21-15-6-4-13(5-7-15)18(23)24-3/h4-8,10-12,21H,9H2,1-3H3,(H,20,22). The molecule has 0 fully saturated rings. The van der Waals surface area contributed by atoms with E-state index >= 15 is 0 Å². The molecule has 6 heteroatoms. The predicted octanol–water partition coefficient (Wildman–Crippen LogP) is 3.00. The van der Waals surface area contributed by atoms with Gasteiger partial charge in [-0.15, -0.1) is 0 Å². The van der Waals surface area contributed by atoms with Crippen LogP contribution in [0.3, 0.4) is 0 Å². The number of rotatable bonds is 6. The molecule has 0 unspecified atom stereocenters. The number of carbonyl (C=O) groups excluding carboxylic acids is 2. The molecule has 24 heavy (non-hydrogen) atoms. The lowest BCUT2D eigenvalue weighted by Crippen LogP contribution is -2.27. The van der Waals surface area contributed by atoms with E-state index in [1.165, 1.54) is 13.3 Å². The van der Waals surface area contributed by atoms with Gasteiger partial charge in [-0.1, -0.05) is 13.8 Å². The Hall–Kier alpha value is -2.89. The third-order valence-corrected chi connectivity index (χ3v) is 3.27. The fourth-order valence-electron chi connectivity index (χ4n) is 2.01. The summed E-state index contributed by atoms with van der Waals surface area (Å²) in [5, 5.41) is 6.01. The predicted molar refractivity (Wildman–Crippen MR) is 92.5 cm³/mol. The van der Waals surface area contributed by atoms with Gasteiger partial charge in [-0.25, -0.2) is 4.79 Å². The van der Waals surface area contributed by atoms with Crippen LogP contribution in [0.4, 0.5) is 11.4 Å². The largest absolute Gasteiger partial charge is 0.465 e. The quantitative estimate of drug-likeness (QED) is 0.797. The second-order valence-corrected chi connectivity index (χ2v) is 5.76. The van der Waals surface area contributed by atoms with Gasteiger partial charge < -0.3 is 15.4 Å². The fraction of sp³-hybridized carbons (Fsp3) is 0.278. The van der Waals surface area contributed by atoms with E-state index in [0.717, 1.165) is 5.69 Å². The van der Waals surface area contributed by atoms with Crippen molar-refractivity contribution >= 4 is 23.3 Å². The summed E-state index contributed by atoms with van der Waals surface area (Å²) in [5.74, 6) is -0.149. The zero-order chi connectivity index (χ0) is 17.5. The highest BCUT2D eigenvalue weighted by Crippen LogP contribution is 2.17. The van der Waals surface area contributed by atoms with Gasteiger partial charge in [-0.05, 0) is 36.2 Å². The average Bonchev–Trinajstić information content (AvgIpc) is 2.59. The minimum Gasteiger partial charge on any atom is -0.465 e. The molecule has 0 spiro atoms. The lowest BCUT2D eigenvalue weighted by atomic mass is 10.2. The molecule has 6 nitrogen and oxygen atoms in total. The summed E-state index contributed by atoms with van der Waals surface area (Å²) in [6.45, 7) is 4.69. The van der Waals surface area contributed by atoms with Crippen molar-refractivity contribution in [2.45, 2.75) is 13.8 Å². The number of aromatic nitrogens is 1. The van der Waals surface area contributed by atoms with E-state index < -0.39 is 0 Å². The summed E-state index contributed by atoms with van der Waals surface area (Å²) in [7, 11) is 1.34. The minimum atomic E-state index is -0.382. The number of methoxy groups -OCH3 is 1. The molecule has 1 amide bonds. The van der Waals surface area contributed by atoms with E-state index in [1.807, 2.05) is 13.8 Å². The van der Waals surface area contributed by atoms with Crippen LogP contribution in [0.2, 0.25) is 0 Å². The van der Waals surface area contributed by atoms with Gasteiger partial charge >= 0.3 is 5.97 Å². The number of esters is 1. The smallest absolute Gasteiger partial charge is 0.337 e. The Balaban J connectivity index is 2.06. The Bertz CT molecular complexity index is 712. The molecule has 0 aliphatic carbocycles. The summed E-state index contributed by atoms with van der Waals surface area (Å²) < 4.78 is 4.66. The first-order valence-corrected chi connectivity index (χ1v) is 7.68. The number of benzene rings is 1. The summed E-state index contributed by atoms with van der Waals surface area (Å²) in [6, 6.07) is 8.59. The first kappa shape index (κ1) is 17.5. The lowest BCUT2D eigenvalue weighted by Gasteiger charge is -2.10. The molecule has 2 N–H and O–H groups in total. The second kappa shape index (κ2) is 8.10. The third kappa shape index (κ3) is 4.81. The maximum absolute atomic E-state index is 12.1. The molecule has 0 radical (unpaired) electrons. The summed E-state index contributed by atoms with van der Waals surface area (Å²) in [5.41, 5.74) is 2.44. The van der Waals surface area contributed by atoms with Crippen molar-refractivity contribution in [2.75, 3.05) is 19.0 Å². The first-order valence-electron chi connectivity index (χ1n) is 7.68. The van der Waals surface area contributed by atoms with Crippen molar-refractivity contribution in [1.82, 2.24) is 10.3 Å². The molecule has 0 bridgehead atoms. The Morgan fingerprint density at radius 3 is 2.42 bits per heavy atom. The van der Waals surface area contributed by atoms with Crippen LogP contribution in [0, 0.1) is 5.92 Å². The van der Waals surface area contributed by atoms with Crippen LogP contribution in [-0.2, 0) is 4.74 Å². The molecule has 0 saturated carbocycles. The van der Waals surface area contributed by atoms with Crippen molar-refractivity contribution in [3.63, 3.8) is 0 Å². The number of ether oxygens (including phenoxy) is 1. The van der Waals surface area contributed by atoms with Crippen LogP contribution in [0.25, 0.3) is 0 Å². The molecule has 2 aromatic rings. The number of hydrogen-bond donors (Lipinski definition) is 2. The molecular formula is C18H21N3O3. The molecule has 1 heterocycles. The maximum atomic E-state index is 12.1. The number of nitrogens with zero attached hydrogens (tertiary/aromatic N) is 1. The summed E-state index contributed by atoms with van der Waals surface area (Å²) in [6.07, 6.45) is 3.16. The SMILES string of the molecule is COC(=O)c1ccc(Nc2cncc(C(=O)NCC(C)C)c2)cc1. The third-order valence-electron chi connectivity index (χ3n) is 3.27. The normalized spacial score (nSPS) is 10.3. The van der Waals surface area contributed by atoms with E-state index in [2.05, 4.69) is 20.4 Å². The summed E-state index contributed by atoms with van der Waals surface area (Å²) in [4.78, 5) is 27.6. The van der Waals surface area contributed by atoms with E-state index in [1.54, 1.807) is 36.5 Å². The Morgan fingerprint density at radius 1 is 1.08 bits per heavy atom. The van der Waals surface area contributed by atoms with E-state index in [4.69, 9.17) is 0 Å². The first-order chi connectivity index (χ1) is 11.5. The molecular weight excluding hydrogens is 306 g/mol. The second-order valence-electron chi connectivity index (χ2n) is 5.76. The van der Waals surface area contributed by atoms with Crippen LogP contribution >= 0.6 is 0 Å². The van der Waals surface area contributed by atoms with Gasteiger partial charge in [0.25, 0.3) is 5.91 Å². The van der Waals surface area contributed by atoms with Gasteiger partial charge in [0.15, 0.2) is 0 Å². The van der Waals surface area contributed by atoms with E-state index in [9.17, 15) is 9.59 Å². The molecule has 0 aliphatic heterocycles. The van der Waals surface area contributed by atoms with Gasteiger partial charge in [0.1, 0.15) is 0 Å². The molecule has 126 valence electrons. The fourth-order valence-corrected chi connectivity index (χ4v) is 2.01. The van der Waals surface area contributed by atoms with Crippen molar-refractivity contribution in [3.8, 4) is 0 Å². The van der Waals surface area contributed by atoms with Crippen LogP contribution in [0.15, 0.2) is 42.7 Å². The van der Waals surface area contributed by atoms with Gasteiger partial charge in [0, 0.05) is 18.4 Å². The van der Waals surface area contributed by atoms with Gasteiger partial charge in [0.05, 0.1) is 30.1 Å². The number of carbonyl (C=O) groups is 2. The lowest BCUT2D eigenvalue weighted by molar-refractivity contribution is 0.0600. The van der Waals surface area contributed by atoms with Crippen LogP contribution < -0.4 is 10.6 Å². The molecule has 0 saturated heterocycles. The highest BCUT2D eigenvalue weighted by atomic mass is 16.5. The highest BCUT2D eigenvalue weighted by Gasteiger charge is 2.08. The Labute approximate surface area is 141 Å². The van der Waals surface area contributed by atoms with E-state index in [0.29, 0.717) is 29.3 Å². The van der Waals surface area contributed by atoms with E-state index in [-0.39, 0.29) is 11.9 Å². The maximum Gasteiger partial charge on any atom is 0.337 e. The topological polar surface area (TPSA) is 80.3 Å². The zero-order valence-electron chi connectivity index (χ0n) is 14.0. The Morgan fingerprint density at radius 2 is 1.79 bits per heavy atom. The molecule has 0 atom stereocenters. The van der Waals surface area contributed by atoms with Crippen LogP contribution in [0.5, 0.6) is 0 Å². The van der Waals surface area contributed by atoms with Gasteiger partial charge in [-0.2, -0.15) is 0 Å². The van der Waals surface area contributed by atoms with Crippen LogP contribution in [0.1, 0.15) is 34.6 Å². The van der Waals surface area contributed by atoms with Gasteiger partial charge in [0.2, 0.25) is 0 Å². The number of hydrogen-bond acceptors (Lipinski definition) is 5. The number of nitrogens with one attached hydrogen (secondary N) is 2. The van der Waals surface area contributed by atoms with Crippen molar-refractivity contribution in [1.29, 1.82) is 0 Å². The van der Waals surface area contributed by atoms with Crippen molar-refractivity contribution in [2.24, 2.45) is 5.92 Å². The summed E-state index contributed by atoms with van der Waals surface area (Å²) >= 11 is 0. The molecule has 1 aromatic carbocycles.